The highest BCUT2D eigenvalue weighted by molar-refractivity contribution is 5.84. The molecule has 0 saturated heterocycles. The molecular weight excluding hydrogens is 184 g/mol. The molecule has 1 heterocycles. The highest BCUT2D eigenvalue weighted by Crippen LogP contribution is 1.98. The Morgan fingerprint density at radius 1 is 1.64 bits per heavy atom. The van der Waals surface area contributed by atoms with E-state index in [0.717, 1.165) is 26.0 Å². The van der Waals surface area contributed by atoms with E-state index in [4.69, 9.17) is 9.84 Å². The van der Waals surface area contributed by atoms with Crippen LogP contribution < -0.4 is 0 Å². The fourth-order valence-electron chi connectivity index (χ4n) is 1.12. The molecule has 0 unspecified atom stereocenters. The number of unbranched alkanes of at least 4 members (excludes halogenated alkanes) is 1. The zero-order valence-electron chi connectivity index (χ0n) is 8.14. The Hall–Kier alpha value is -1.36. The highest BCUT2D eigenvalue weighted by Gasteiger charge is 2.05. The predicted octanol–water partition coefficient (Wildman–Crippen LogP) is 1.01. The Bertz CT molecular complexity index is 296. The lowest BCUT2D eigenvalue weighted by molar-refractivity contribution is 0.0689. The van der Waals surface area contributed by atoms with Crippen molar-refractivity contribution in [3.05, 3.63) is 18.0 Å². The predicted molar refractivity (Wildman–Crippen MR) is 50.3 cm³/mol. The minimum atomic E-state index is -0.986. The summed E-state index contributed by atoms with van der Waals surface area (Å²) in [5.74, 6) is -0.986. The maximum Gasteiger partial charge on any atom is 0.356 e. The molecule has 1 N–H and O–H groups in total. The molecule has 0 aromatic carbocycles. The van der Waals surface area contributed by atoms with Gasteiger partial charge in [0.1, 0.15) is 0 Å². The fourth-order valence-corrected chi connectivity index (χ4v) is 1.12. The standard InChI is InChI=1S/C9H14N2O3/c1-14-7-3-2-5-11-6-4-8(10-11)9(12)13/h4,6H,2-3,5,7H2,1H3,(H,12,13). The smallest absolute Gasteiger partial charge is 0.356 e. The van der Waals surface area contributed by atoms with E-state index in [1.165, 1.54) is 6.07 Å². The van der Waals surface area contributed by atoms with Gasteiger partial charge in [-0.25, -0.2) is 4.79 Å². The van der Waals surface area contributed by atoms with Crippen molar-refractivity contribution >= 4 is 5.97 Å². The molecule has 1 rings (SSSR count). The quantitative estimate of drug-likeness (QED) is 0.693. The van der Waals surface area contributed by atoms with E-state index in [1.807, 2.05) is 0 Å². The molecule has 0 amide bonds. The van der Waals surface area contributed by atoms with Gasteiger partial charge in [-0.1, -0.05) is 0 Å². The summed E-state index contributed by atoms with van der Waals surface area (Å²) in [7, 11) is 1.66. The van der Waals surface area contributed by atoms with Crippen LogP contribution in [0.2, 0.25) is 0 Å². The SMILES string of the molecule is COCCCCn1ccc(C(=O)O)n1. The number of aryl methyl sites for hydroxylation is 1. The lowest BCUT2D eigenvalue weighted by Crippen LogP contribution is -2.03. The summed E-state index contributed by atoms with van der Waals surface area (Å²) in [6.45, 7) is 1.46. The lowest BCUT2D eigenvalue weighted by atomic mass is 10.3. The van der Waals surface area contributed by atoms with Gasteiger partial charge in [-0.3, -0.25) is 4.68 Å². The second-order valence-corrected chi connectivity index (χ2v) is 2.97. The molecule has 78 valence electrons. The van der Waals surface area contributed by atoms with Gasteiger partial charge in [0.25, 0.3) is 0 Å². The Balaban J connectivity index is 2.33. The van der Waals surface area contributed by atoms with Crippen LogP contribution in [0.4, 0.5) is 0 Å². The molecule has 0 spiro atoms. The first-order valence-corrected chi connectivity index (χ1v) is 4.49. The number of methoxy groups -OCH3 is 1. The number of nitrogens with zero attached hydrogens (tertiary/aromatic N) is 2. The third-order valence-electron chi connectivity index (χ3n) is 1.85. The molecule has 0 radical (unpaired) electrons. The molecule has 1 aromatic rings. The monoisotopic (exact) mass is 198 g/mol. The molecule has 0 saturated carbocycles. The van der Waals surface area contributed by atoms with Crippen molar-refractivity contribution < 1.29 is 14.6 Å². The van der Waals surface area contributed by atoms with E-state index in [2.05, 4.69) is 5.10 Å². The van der Waals surface area contributed by atoms with Crippen molar-refractivity contribution in [2.24, 2.45) is 0 Å². The van der Waals surface area contributed by atoms with Gasteiger partial charge in [-0.15, -0.1) is 0 Å². The summed E-state index contributed by atoms with van der Waals surface area (Å²) in [4.78, 5) is 10.5. The van der Waals surface area contributed by atoms with Crippen molar-refractivity contribution in [1.29, 1.82) is 0 Å². The minimum Gasteiger partial charge on any atom is -0.476 e. The number of rotatable bonds is 6. The van der Waals surface area contributed by atoms with Crippen LogP contribution in [0.1, 0.15) is 23.3 Å². The van der Waals surface area contributed by atoms with Gasteiger partial charge in [0, 0.05) is 26.5 Å². The molecule has 5 nitrogen and oxygen atoms in total. The Morgan fingerprint density at radius 2 is 2.43 bits per heavy atom. The van der Waals surface area contributed by atoms with E-state index in [-0.39, 0.29) is 5.69 Å². The molecule has 0 aliphatic carbocycles. The highest BCUT2D eigenvalue weighted by atomic mass is 16.5. The van der Waals surface area contributed by atoms with Gasteiger partial charge in [0.15, 0.2) is 5.69 Å². The van der Waals surface area contributed by atoms with Crippen molar-refractivity contribution in [1.82, 2.24) is 9.78 Å². The third-order valence-corrected chi connectivity index (χ3v) is 1.85. The van der Waals surface area contributed by atoms with E-state index < -0.39 is 5.97 Å². The normalized spacial score (nSPS) is 10.4. The summed E-state index contributed by atoms with van der Waals surface area (Å²) in [5.41, 5.74) is 0.0942. The van der Waals surface area contributed by atoms with Crippen LogP contribution >= 0.6 is 0 Å². The number of carbonyl (C=O) groups is 1. The fraction of sp³-hybridized carbons (Fsp3) is 0.556. The first-order chi connectivity index (χ1) is 6.74. The number of hydrogen-bond acceptors (Lipinski definition) is 3. The number of hydrogen-bond donors (Lipinski definition) is 1. The van der Waals surface area contributed by atoms with Crippen LogP contribution in [0.3, 0.4) is 0 Å². The number of ether oxygens (including phenoxy) is 1. The Kier molecular flexibility index (Phi) is 4.12. The maximum absolute atomic E-state index is 10.5. The largest absolute Gasteiger partial charge is 0.476 e. The van der Waals surface area contributed by atoms with Crippen LogP contribution in [-0.4, -0.2) is 34.6 Å². The molecule has 0 fully saturated rings. The second kappa shape index (κ2) is 5.39. The zero-order valence-corrected chi connectivity index (χ0v) is 8.14. The van der Waals surface area contributed by atoms with Gasteiger partial charge in [0.2, 0.25) is 0 Å². The number of aromatic nitrogens is 2. The summed E-state index contributed by atoms with van der Waals surface area (Å²) in [6, 6.07) is 1.50. The number of aromatic carboxylic acids is 1. The van der Waals surface area contributed by atoms with Gasteiger partial charge >= 0.3 is 5.97 Å². The van der Waals surface area contributed by atoms with Crippen LogP contribution in [-0.2, 0) is 11.3 Å². The summed E-state index contributed by atoms with van der Waals surface area (Å²) >= 11 is 0. The molecule has 14 heavy (non-hydrogen) atoms. The van der Waals surface area contributed by atoms with Crippen LogP contribution in [0.25, 0.3) is 0 Å². The molecule has 0 bridgehead atoms. The van der Waals surface area contributed by atoms with E-state index in [9.17, 15) is 4.79 Å². The third kappa shape index (κ3) is 3.18. The molecule has 1 aromatic heterocycles. The van der Waals surface area contributed by atoms with E-state index >= 15 is 0 Å². The van der Waals surface area contributed by atoms with Gasteiger partial charge in [0.05, 0.1) is 0 Å². The lowest BCUT2D eigenvalue weighted by Gasteiger charge is -2.00. The van der Waals surface area contributed by atoms with Gasteiger partial charge in [-0.2, -0.15) is 5.10 Å². The first-order valence-electron chi connectivity index (χ1n) is 4.49. The molecule has 0 aliphatic rings. The minimum absolute atomic E-state index is 0.0942. The Labute approximate surface area is 82.3 Å². The second-order valence-electron chi connectivity index (χ2n) is 2.97. The van der Waals surface area contributed by atoms with Crippen LogP contribution in [0.15, 0.2) is 12.3 Å². The average molecular weight is 198 g/mol. The summed E-state index contributed by atoms with van der Waals surface area (Å²) in [5, 5.41) is 12.5. The van der Waals surface area contributed by atoms with Crippen molar-refractivity contribution in [2.75, 3.05) is 13.7 Å². The van der Waals surface area contributed by atoms with Crippen LogP contribution in [0, 0.1) is 0 Å². The van der Waals surface area contributed by atoms with E-state index in [1.54, 1.807) is 18.0 Å². The van der Waals surface area contributed by atoms with Gasteiger partial charge < -0.3 is 9.84 Å². The summed E-state index contributed by atoms with van der Waals surface area (Å²) < 4.78 is 6.54. The topological polar surface area (TPSA) is 64.3 Å². The Morgan fingerprint density at radius 3 is 3.00 bits per heavy atom. The van der Waals surface area contributed by atoms with E-state index in [0.29, 0.717) is 0 Å². The molecule has 0 aliphatic heterocycles. The number of carboxylic acids is 1. The maximum atomic E-state index is 10.5. The van der Waals surface area contributed by atoms with Crippen molar-refractivity contribution in [2.45, 2.75) is 19.4 Å². The van der Waals surface area contributed by atoms with Crippen LogP contribution in [0.5, 0.6) is 0 Å². The zero-order chi connectivity index (χ0) is 10.4. The van der Waals surface area contributed by atoms with Crippen molar-refractivity contribution in [3.8, 4) is 0 Å². The molecular formula is C9H14N2O3. The molecule has 0 atom stereocenters. The van der Waals surface area contributed by atoms with Gasteiger partial charge in [-0.05, 0) is 18.9 Å². The molecule has 5 heteroatoms. The number of carboxylic acid groups (broad SMARTS) is 1. The first kappa shape index (κ1) is 10.7. The van der Waals surface area contributed by atoms with Crippen molar-refractivity contribution in [3.63, 3.8) is 0 Å². The average Bonchev–Trinajstić information content (AvgIpc) is 2.61. The summed E-state index contributed by atoms with van der Waals surface area (Å²) in [6.07, 6.45) is 3.57.